The lowest BCUT2D eigenvalue weighted by molar-refractivity contribution is 0.388. The number of nitrogens with one attached hydrogen (secondary N) is 1. The minimum atomic E-state index is 0.642. The summed E-state index contributed by atoms with van der Waals surface area (Å²) in [6.45, 7) is 10.3. The lowest BCUT2D eigenvalue weighted by Crippen LogP contribution is -2.51. The van der Waals surface area contributed by atoms with Gasteiger partial charge in [-0.1, -0.05) is 45.4 Å². The minimum Gasteiger partial charge on any atom is -0.368 e. The molecular formula is C17H28N2. The molecule has 1 aromatic carbocycles. The van der Waals surface area contributed by atoms with Crippen molar-refractivity contribution in [2.75, 3.05) is 24.5 Å². The summed E-state index contributed by atoms with van der Waals surface area (Å²) in [5.41, 5.74) is 2.97. The zero-order valence-electron chi connectivity index (χ0n) is 12.7. The average molecular weight is 260 g/mol. The molecule has 1 aromatic rings. The standard InChI is InChI=1S/C17H28N2/c1-4-7-15-8-5-6-9-17(15)19-11-10-18-16(13-19)12-14(2)3/h5-6,8-9,14,16,18H,4,7,10-13H2,1-3H3. The smallest absolute Gasteiger partial charge is 0.0399 e. The summed E-state index contributed by atoms with van der Waals surface area (Å²) in [5.74, 6) is 0.767. The summed E-state index contributed by atoms with van der Waals surface area (Å²) < 4.78 is 0. The van der Waals surface area contributed by atoms with E-state index in [9.17, 15) is 0 Å². The molecule has 2 heteroatoms. The molecule has 1 aliphatic heterocycles. The Morgan fingerprint density at radius 3 is 2.84 bits per heavy atom. The first-order valence-corrected chi connectivity index (χ1v) is 7.77. The van der Waals surface area contributed by atoms with Gasteiger partial charge in [-0.05, 0) is 30.4 Å². The fourth-order valence-electron chi connectivity index (χ4n) is 3.07. The Balaban J connectivity index is 2.08. The maximum Gasteiger partial charge on any atom is 0.0399 e. The molecular weight excluding hydrogens is 232 g/mol. The number of hydrogen-bond acceptors (Lipinski definition) is 2. The summed E-state index contributed by atoms with van der Waals surface area (Å²) in [5, 5.41) is 3.66. The normalized spacial score (nSPS) is 20.0. The van der Waals surface area contributed by atoms with E-state index in [4.69, 9.17) is 0 Å². The Bertz CT molecular complexity index is 387. The number of rotatable bonds is 5. The van der Waals surface area contributed by atoms with Crippen LogP contribution in [0, 0.1) is 5.92 Å². The molecule has 0 saturated carbocycles. The fraction of sp³-hybridized carbons (Fsp3) is 0.647. The molecule has 0 aromatic heterocycles. The predicted molar refractivity (Wildman–Crippen MR) is 83.9 cm³/mol. The van der Waals surface area contributed by atoms with Gasteiger partial charge < -0.3 is 10.2 Å². The van der Waals surface area contributed by atoms with Crippen molar-refractivity contribution < 1.29 is 0 Å². The van der Waals surface area contributed by atoms with Crippen LogP contribution in [0.25, 0.3) is 0 Å². The molecule has 2 rings (SSSR count). The average Bonchev–Trinajstić information content (AvgIpc) is 2.39. The molecule has 1 atom stereocenters. The molecule has 0 bridgehead atoms. The molecule has 106 valence electrons. The van der Waals surface area contributed by atoms with Crippen LogP contribution in [0.5, 0.6) is 0 Å². The van der Waals surface area contributed by atoms with E-state index in [0.717, 1.165) is 25.6 Å². The third-order valence-electron chi connectivity index (χ3n) is 3.86. The second-order valence-corrected chi connectivity index (χ2v) is 6.11. The van der Waals surface area contributed by atoms with Crippen LogP contribution < -0.4 is 10.2 Å². The fourth-order valence-corrected chi connectivity index (χ4v) is 3.07. The van der Waals surface area contributed by atoms with E-state index in [0.29, 0.717) is 6.04 Å². The SMILES string of the molecule is CCCc1ccccc1N1CCNC(CC(C)C)C1. The van der Waals surface area contributed by atoms with Crippen molar-refractivity contribution in [3.05, 3.63) is 29.8 Å². The zero-order valence-corrected chi connectivity index (χ0v) is 12.7. The van der Waals surface area contributed by atoms with Gasteiger partial charge in [0, 0.05) is 31.4 Å². The third kappa shape index (κ3) is 3.97. The molecule has 0 spiro atoms. The highest BCUT2D eigenvalue weighted by atomic mass is 15.2. The number of para-hydroxylation sites is 1. The number of anilines is 1. The first kappa shape index (κ1) is 14.4. The van der Waals surface area contributed by atoms with Crippen molar-refractivity contribution in [1.29, 1.82) is 0 Å². The molecule has 1 saturated heterocycles. The van der Waals surface area contributed by atoms with Gasteiger partial charge in [0.2, 0.25) is 0 Å². The number of nitrogens with zero attached hydrogens (tertiary/aromatic N) is 1. The number of piperazine rings is 1. The maximum atomic E-state index is 3.66. The summed E-state index contributed by atoms with van der Waals surface area (Å²) in [4.78, 5) is 2.58. The first-order chi connectivity index (χ1) is 9.20. The lowest BCUT2D eigenvalue weighted by atomic mass is 10.0. The topological polar surface area (TPSA) is 15.3 Å². The molecule has 1 heterocycles. The Hall–Kier alpha value is -1.02. The molecule has 2 nitrogen and oxygen atoms in total. The van der Waals surface area contributed by atoms with Gasteiger partial charge in [-0.2, -0.15) is 0 Å². The molecule has 0 aliphatic carbocycles. The highest BCUT2D eigenvalue weighted by Gasteiger charge is 2.21. The van der Waals surface area contributed by atoms with Crippen LogP contribution in [0.3, 0.4) is 0 Å². The third-order valence-corrected chi connectivity index (χ3v) is 3.86. The van der Waals surface area contributed by atoms with E-state index in [1.165, 1.54) is 30.5 Å². The van der Waals surface area contributed by atoms with Gasteiger partial charge in [0.25, 0.3) is 0 Å². The zero-order chi connectivity index (χ0) is 13.7. The Morgan fingerprint density at radius 2 is 2.11 bits per heavy atom. The van der Waals surface area contributed by atoms with Gasteiger partial charge in [-0.15, -0.1) is 0 Å². The van der Waals surface area contributed by atoms with Crippen LogP contribution in [-0.2, 0) is 6.42 Å². The van der Waals surface area contributed by atoms with Crippen molar-refractivity contribution in [2.24, 2.45) is 5.92 Å². The van der Waals surface area contributed by atoms with E-state index in [2.05, 4.69) is 55.3 Å². The van der Waals surface area contributed by atoms with Crippen molar-refractivity contribution in [2.45, 2.75) is 46.1 Å². The van der Waals surface area contributed by atoms with Gasteiger partial charge in [0.05, 0.1) is 0 Å². The van der Waals surface area contributed by atoms with E-state index in [1.54, 1.807) is 0 Å². The van der Waals surface area contributed by atoms with Crippen molar-refractivity contribution >= 4 is 5.69 Å². The van der Waals surface area contributed by atoms with E-state index in [-0.39, 0.29) is 0 Å². The Labute approximate surface area is 118 Å². The highest BCUT2D eigenvalue weighted by Crippen LogP contribution is 2.23. The predicted octanol–water partition coefficient (Wildman–Crippen LogP) is 3.46. The quantitative estimate of drug-likeness (QED) is 0.872. The molecule has 0 radical (unpaired) electrons. The lowest BCUT2D eigenvalue weighted by Gasteiger charge is -2.37. The summed E-state index contributed by atoms with van der Waals surface area (Å²) in [6, 6.07) is 9.57. The van der Waals surface area contributed by atoms with E-state index >= 15 is 0 Å². The molecule has 1 fully saturated rings. The number of hydrogen-bond donors (Lipinski definition) is 1. The van der Waals surface area contributed by atoms with Crippen molar-refractivity contribution in [3.63, 3.8) is 0 Å². The largest absolute Gasteiger partial charge is 0.368 e. The Morgan fingerprint density at radius 1 is 1.32 bits per heavy atom. The van der Waals surface area contributed by atoms with Crippen LogP contribution in [0.15, 0.2) is 24.3 Å². The second-order valence-electron chi connectivity index (χ2n) is 6.11. The van der Waals surface area contributed by atoms with Crippen LogP contribution >= 0.6 is 0 Å². The maximum absolute atomic E-state index is 3.66. The van der Waals surface area contributed by atoms with Crippen LogP contribution in [0.4, 0.5) is 5.69 Å². The first-order valence-electron chi connectivity index (χ1n) is 7.77. The summed E-state index contributed by atoms with van der Waals surface area (Å²) in [6.07, 6.45) is 3.68. The van der Waals surface area contributed by atoms with Crippen molar-refractivity contribution in [3.8, 4) is 0 Å². The van der Waals surface area contributed by atoms with Crippen LogP contribution in [0.2, 0.25) is 0 Å². The van der Waals surface area contributed by atoms with E-state index in [1.807, 2.05) is 0 Å². The molecule has 19 heavy (non-hydrogen) atoms. The molecule has 1 unspecified atom stereocenters. The molecule has 1 aliphatic rings. The van der Waals surface area contributed by atoms with Gasteiger partial charge in [-0.3, -0.25) is 0 Å². The van der Waals surface area contributed by atoms with E-state index < -0.39 is 0 Å². The van der Waals surface area contributed by atoms with Crippen LogP contribution in [-0.4, -0.2) is 25.7 Å². The minimum absolute atomic E-state index is 0.642. The number of aryl methyl sites for hydroxylation is 1. The molecule has 1 N–H and O–H groups in total. The monoisotopic (exact) mass is 260 g/mol. The van der Waals surface area contributed by atoms with Crippen molar-refractivity contribution in [1.82, 2.24) is 5.32 Å². The van der Waals surface area contributed by atoms with Gasteiger partial charge in [-0.25, -0.2) is 0 Å². The highest BCUT2D eigenvalue weighted by molar-refractivity contribution is 5.54. The Kier molecular flexibility index (Phi) is 5.26. The van der Waals surface area contributed by atoms with Crippen LogP contribution in [0.1, 0.15) is 39.2 Å². The van der Waals surface area contributed by atoms with Gasteiger partial charge >= 0.3 is 0 Å². The molecule has 0 amide bonds. The van der Waals surface area contributed by atoms with Gasteiger partial charge in [0.1, 0.15) is 0 Å². The summed E-state index contributed by atoms with van der Waals surface area (Å²) in [7, 11) is 0. The summed E-state index contributed by atoms with van der Waals surface area (Å²) >= 11 is 0. The number of benzene rings is 1. The van der Waals surface area contributed by atoms with Gasteiger partial charge in [0.15, 0.2) is 0 Å². The second kappa shape index (κ2) is 6.95.